The predicted molar refractivity (Wildman–Crippen MR) is 450 cm³/mol. The molecule has 7 rings (SSSR count). The summed E-state index contributed by atoms with van der Waals surface area (Å²) >= 11 is 0. The maximum Gasteiger partial charge on any atom is 0.326 e. The van der Waals surface area contributed by atoms with Crippen molar-refractivity contribution in [1.82, 2.24) is 62.0 Å². The Balaban J connectivity index is 0.000000761. The van der Waals surface area contributed by atoms with Crippen LogP contribution in [0.4, 0.5) is 0 Å². The molecule has 2 unspecified atom stereocenters. The minimum atomic E-state index is -1.85. The molecule has 656 valence electrons. The summed E-state index contributed by atoms with van der Waals surface area (Å²) in [6, 6.07) is 13.9. The molecule has 2 saturated heterocycles. The average Bonchev–Trinajstić information content (AvgIpc) is 1.64. The molecule has 32 nitrogen and oxygen atoms in total. The molecule has 4 aromatic carbocycles. The van der Waals surface area contributed by atoms with Crippen molar-refractivity contribution in [2.45, 2.75) is 212 Å². The summed E-state index contributed by atoms with van der Waals surface area (Å²) in [6.45, 7) is 11.4. The molecule has 0 spiro atoms. The quantitative estimate of drug-likeness (QED) is 0.0309. The van der Waals surface area contributed by atoms with Crippen LogP contribution in [0.5, 0.6) is 17.2 Å². The molecule has 15 N–H and O–H groups in total. The lowest BCUT2D eigenvalue weighted by Crippen LogP contribution is -2.60. The number of benzene rings is 4. The number of primary amides is 1. The zero-order valence-electron chi connectivity index (χ0n) is 70.3. The van der Waals surface area contributed by atoms with Gasteiger partial charge in [-0.1, -0.05) is 88.2 Å². The summed E-state index contributed by atoms with van der Waals surface area (Å²) < 4.78 is 0. The summed E-state index contributed by atoms with van der Waals surface area (Å²) in [6.07, 6.45) is 8.16. The highest BCUT2D eigenvalue weighted by Crippen LogP contribution is 2.25. The summed E-state index contributed by atoms with van der Waals surface area (Å²) in [5.74, 6) is -11.2. The maximum atomic E-state index is 14.9. The number of hydrazine groups is 1. The van der Waals surface area contributed by atoms with Gasteiger partial charge in [-0.3, -0.25) is 62.4 Å². The molecule has 7 amide bonds. The monoisotopic (exact) mass is 1670 g/mol. The number of H-pyrrole nitrogens is 1. The second-order valence-electron chi connectivity index (χ2n) is 32.2. The number of carboxylic acids is 1. The second kappa shape index (κ2) is 51.1. The van der Waals surface area contributed by atoms with Crippen LogP contribution in [0, 0.1) is 17.8 Å². The number of phenols is 3. The number of aliphatic hydroxyl groups excluding tert-OH is 1. The number of aromatic hydroxyl groups is 3. The highest BCUT2D eigenvalue weighted by molar-refractivity contribution is 6.41. The number of hydrogen-bond acceptors (Lipinski definition) is 23. The number of carboxylic acid groups (broad SMARTS) is 1. The van der Waals surface area contributed by atoms with E-state index in [2.05, 4.69) is 54.3 Å². The predicted octanol–water partition coefficient (Wildman–Crippen LogP) is 4.38. The number of Topliss-reactive ketones (excluding diaryl/α,β-unsaturated/α-hetero) is 6. The number of phenolic OH excluding ortho intramolecular Hbond substituents is 3. The molecular formula is C88H125N13O19. The fraction of sp³-hybridized carbons (Fsp3) is 0.545. The van der Waals surface area contributed by atoms with E-state index in [1.165, 1.54) is 72.6 Å². The van der Waals surface area contributed by atoms with Crippen LogP contribution in [0.2, 0.25) is 0 Å². The van der Waals surface area contributed by atoms with E-state index in [4.69, 9.17) is 5.73 Å². The number of ketones is 6. The van der Waals surface area contributed by atoms with Crippen LogP contribution in [0.3, 0.4) is 0 Å². The van der Waals surface area contributed by atoms with Gasteiger partial charge >= 0.3 is 5.97 Å². The van der Waals surface area contributed by atoms with Crippen LogP contribution < -0.4 is 43.1 Å². The van der Waals surface area contributed by atoms with Crippen molar-refractivity contribution in [2.75, 3.05) is 79.6 Å². The Morgan fingerprint density at radius 1 is 0.550 bits per heavy atom. The van der Waals surface area contributed by atoms with Gasteiger partial charge in [0.25, 0.3) is 0 Å². The molecule has 2 fully saturated rings. The van der Waals surface area contributed by atoms with Crippen molar-refractivity contribution >= 4 is 92.9 Å². The summed E-state index contributed by atoms with van der Waals surface area (Å²) in [5.41, 5.74) is 11.3. The van der Waals surface area contributed by atoms with Gasteiger partial charge in [-0.15, -0.1) is 0 Å². The van der Waals surface area contributed by atoms with E-state index in [1.54, 1.807) is 63.4 Å². The van der Waals surface area contributed by atoms with Gasteiger partial charge in [-0.05, 0) is 201 Å². The number of rotatable bonds is 28. The number of amides is 7. The van der Waals surface area contributed by atoms with Gasteiger partial charge < -0.3 is 82.7 Å². The van der Waals surface area contributed by atoms with Crippen LogP contribution >= 0.6 is 0 Å². The third-order valence-electron chi connectivity index (χ3n) is 21.4. The molecule has 9 atom stereocenters. The summed E-state index contributed by atoms with van der Waals surface area (Å²) in [5, 5.41) is 68.6. The third kappa shape index (κ3) is 35.3. The molecule has 3 heterocycles. The number of para-hydroxylation sites is 1. The van der Waals surface area contributed by atoms with E-state index >= 15 is 0 Å². The number of nitrogens with two attached hydrogens (primary N) is 1. The van der Waals surface area contributed by atoms with Crippen molar-refractivity contribution in [2.24, 2.45) is 23.5 Å². The SMILES string of the molecule is CC(=O)N[C@@H](Cc1ccc(O)cc1)C(=O)C[C@H]1CCCCN(C)CCCCN(CC(=O)N[C@@H](Cc2ccc(O)cc2)C(=O)O)N[C@@H](CC(C)C)C(=O)C(=O)C(Cc2ccc(O)cc2)NC(=O)[C@H](CCC(N)=O)NC(=O)C(CO)NC(=O)[C@H](Cc2c[nH]c3ccccc23)NC1=O.CCC(=O)CN1CCCCN(C)CCCC[C@H](CCC(C)=O)C(=O)C1. The minimum absolute atomic E-state index is 0.00391. The number of hydrogen-bond donors (Lipinski definition) is 14. The number of aliphatic carboxylic acids is 1. The smallest absolute Gasteiger partial charge is 0.326 e. The Labute approximate surface area is 702 Å². The van der Waals surface area contributed by atoms with Gasteiger partial charge in [0.15, 0.2) is 5.78 Å². The molecule has 5 aromatic rings. The lowest BCUT2D eigenvalue weighted by molar-refractivity contribution is -0.142. The number of carbonyl (C=O) groups is 14. The zero-order valence-corrected chi connectivity index (χ0v) is 70.3. The fourth-order valence-corrected chi connectivity index (χ4v) is 14.6. The maximum absolute atomic E-state index is 14.9. The van der Waals surface area contributed by atoms with Crippen LogP contribution in [-0.2, 0) is 92.8 Å². The standard InChI is InChI=1S/C68H89N11O16.C20H36N2O3/c1-40(2)31-55-63(89)62(88)54(33-43-16-22-48(83)23-17-43)74-65(91)52(26-27-60(69)86)73-67(93)58(39-80)76-66(92)56(35-46-37-70-51-13-6-5-12-50(46)51)75-64(90)45(36-59(85)53(71-41(3)81)32-42-14-20-47(82)21-15-42)11-7-8-28-78(4)29-9-10-30-79(77-55)38-61(87)72-57(68(94)95)34-44-18-24-49(84)25-19-44;1-4-19(24)15-22-14-8-7-13-21(3)12-6-5-9-18(20(25)16-22)11-10-17(2)23/h5-6,12-25,37,40,45,52-58,70,77,80,82-84H,7-11,26-36,38-39H2,1-4H3,(H2,69,86)(H,71,81)(H,72,87)(H,73,93)(H,74,91)(H,75,90)(H,76,92)(H,94,95);18H,4-16H2,1-3H3/t45-,52+,53+,54?,55+,56+,57+,58?;18-/m11/s1. The number of aromatic nitrogens is 1. The highest BCUT2D eigenvalue weighted by Gasteiger charge is 2.39. The largest absolute Gasteiger partial charge is 0.508 e. The van der Waals surface area contributed by atoms with Gasteiger partial charge in [0.1, 0.15) is 58.8 Å². The van der Waals surface area contributed by atoms with E-state index in [0.29, 0.717) is 104 Å². The first kappa shape index (κ1) is 98.2. The van der Waals surface area contributed by atoms with Crippen LogP contribution in [0.1, 0.15) is 166 Å². The van der Waals surface area contributed by atoms with Gasteiger partial charge in [0, 0.05) is 87.3 Å². The number of carbonyl (C=O) groups excluding carboxylic acids is 13. The lowest BCUT2D eigenvalue weighted by Gasteiger charge is -2.30. The van der Waals surface area contributed by atoms with E-state index < -0.39 is 145 Å². The average molecular weight is 1670 g/mol. The molecule has 2 aliphatic heterocycles. The van der Waals surface area contributed by atoms with E-state index in [0.717, 1.165) is 51.7 Å². The Hall–Kier alpha value is -10.6. The molecule has 120 heavy (non-hydrogen) atoms. The Kier molecular flexibility index (Phi) is 41.8. The number of fused-ring (bicyclic) bond motifs is 1. The Morgan fingerprint density at radius 2 is 1.06 bits per heavy atom. The molecule has 0 radical (unpaired) electrons. The topological polar surface area (TPSA) is 479 Å². The van der Waals surface area contributed by atoms with Gasteiger partial charge in [-0.2, -0.15) is 0 Å². The third-order valence-corrected chi connectivity index (χ3v) is 21.4. The minimum Gasteiger partial charge on any atom is -0.508 e. The van der Waals surface area contributed by atoms with Gasteiger partial charge in [0.05, 0.1) is 44.4 Å². The first-order valence-electron chi connectivity index (χ1n) is 41.7. The molecule has 32 heteroatoms. The van der Waals surface area contributed by atoms with Crippen molar-refractivity contribution in [3.05, 3.63) is 126 Å². The van der Waals surface area contributed by atoms with Crippen molar-refractivity contribution in [3.63, 3.8) is 0 Å². The van der Waals surface area contributed by atoms with Crippen LogP contribution in [0.25, 0.3) is 10.9 Å². The molecule has 0 saturated carbocycles. The summed E-state index contributed by atoms with van der Waals surface area (Å²) in [4.78, 5) is 200. The lowest BCUT2D eigenvalue weighted by atomic mass is 9.90. The normalized spacial score (nSPS) is 21.1. The first-order valence-corrected chi connectivity index (χ1v) is 41.7. The molecule has 2 aliphatic rings. The van der Waals surface area contributed by atoms with E-state index in [1.807, 2.05) is 23.8 Å². The second-order valence-corrected chi connectivity index (χ2v) is 32.2. The zero-order chi connectivity index (χ0) is 88.0. The summed E-state index contributed by atoms with van der Waals surface area (Å²) in [7, 11) is 4.02. The highest BCUT2D eigenvalue weighted by atomic mass is 16.4. The van der Waals surface area contributed by atoms with Crippen molar-refractivity contribution in [1.29, 1.82) is 0 Å². The number of nitrogens with one attached hydrogen (secondary N) is 8. The Morgan fingerprint density at radius 3 is 1.62 bits per heavy atom. The first-order chi connectivity index (χ1) is 57.2. The van der Waals surface area contributed by atoms with E-state index in [-0.39, 0.29) is 91.5 Å². The molecular weight excluding hydrogens is 1540 g/mol. The molecule has 0 aliphatic carbocycles. The fourth-order valence-electron chi connectivity index (χ4n) is 14.6. The number of nitrogens with zero attached hydrogens (tertiary/aromatic N) is 4. The molecule has 0 bridgehead atoms. The number of aromatic amines is 1. The van der Waals surface area contributed by atoms with Crippen molar-refractivity contribution in [3.8, 4) is 17.2 Å². The van der Waals surface area contributed by atoms with Crippen LogP contribution in [-0.4, -0.2) is 254 Å². The number of aliphatic hydroxyl groups is 1. The van der Waals surface area contributed by atoms with E-state index in [9.17, 15) is 92.7 Å². The van der Waals surface area contributed by atoms with Crippen LogP contribution in [0.15, 0.2) is 103 Å². The van der Waals surface area contributed by atoms with Gasteiger partial charge in [-0.25, -0.2) is 15.2 Å². The molecule has 1 aromatic heterocycles. The Bertz CT molecular complexity index is 4210. The van der Waals surface area contributed by atoms with Crippen molar-refractivity contribution < 1.29 is 92.7 Å². The van der Waals surface area contributed by atoms with Gasteiger partial charge in [0.2, 0.25) is 52.9 Å².